The minimum atomic E-state index is -3.05. The lowest BCUT2D eigenvalue weighted by molar-refractivity contribution is -0.146. The maximum Gasteiger partial charge on any atom is 0.311 e. The lowest BCUT2D eigenvalue weighted by atomic mass is 10.2. The standard InChI is InChI=1S/C11H20N2O4S/c1-4-8(2)12-10(14)11(15)13(3)9-5-6-18(16,17)7-9/h8-9H,4-7H2,1-3H3,(H,12,14). The van der Waals surface area contributed by atoms with Crippen LogP contribution in [0.5, 0.6) is 0 Å². The van der Waals surface area contributed by atoms with E-state index in [2.05, 4.69) is 5.32 Å². The molecule has 0 bridgehead atoms. The van der Waals surface area contributed by atoms with Crippen LogP contribution in [0.15, 0.2) is 0 Å². The van der Waals surface area contributed by atoms with E-state index in [0.717, 1.165) is 6.42 Å². The highest BCUT2D eigenvalue weighted by Crippen LogP contribution is 2.16. The van der Waals surface area contributed by atoms with Crippen LogP contribution in [0.1, 0.15) is 26.7 Å². The van der Waals surface area contributed by atoms with Crippen molar-refractivity contribution in [2.24, 2.45) is 0 Å². The van der Waals surface area contributed by atoms with Crippen LogP contribution in [0, 0.1) is 0 Å². The molecule has 0 aromatic rings. The fraction of sp³-hybridized carbons (Fsp3) is 0.818. The summed E-state index contributed by atoms with van der Waals surface area (Å²) in [5.74, 6) is -1.30. The molecule has 0 spiro atoms. The van der Waals surface area contributed by atoms with Crippen LogP contribution < -0.4 is 5.32 Å². The monoisotopic (exact) mass is 276 g/mol. The van der Waals surface area contributed by atoms with E-state index in [9.17, 15) is 18.0 Å². The summed E-state index contributed by atoms with van der Waals surface area (Å²) in [6, 6.07) is -0.452. The van der Waals surface area contributed by atoms with Gasteiger partial charge in [-0.1, -0.05) is 6.92 Å². The Kier molecular flexibility index (Phi) is 4.72. The van der Waals surface area contributed by atoms with Crippen LogP contribution in [-0.4, -0.2) is 55.8 Å². The molecular weight excluding hydrogens is 256 g/mol. The Bertz CT molecular complexity index is 432. The van der Waals surface area contributed by atoms with Crippen molar-refractivity contribution in [3.8, 4) is 0 Å². The van der Waals surface area contributed by atoms with Crippen molar-refractivity contribution >= 4 is 21.7 Å². The summed E-state index contributed by atoms with van der Waals surface area (Å²) < 4.78 is 22.6. The minimum Gasteiger partial charge on any atom is -0.345 e. The fourth-order valence-electron chi connectivity index (χ4n) is 1.79. The molecule has 2 amide bonds. The summed E-state index contributed by atoms with van der Waals surface area (Å²) in [6.07, 6.45) is 1.14. The van der Waals surface area contributed by atoms with Crippen LogP contribution >= 0.6 is 0 Å². The molecule has 1 aliphatic heterocycles. The third kappa shape index (κ3) is 3.69. The van der Waals surface area contributed by atoms with E-state index in [0.29, 0.717) is 6.42 Å². The third-order valence-electron chi connectivity index (χ3n) is 3.26. The Hall–Kier alpha value is -1.11. The minimum absolute atomic E-state index is 0.0498. The quantitative estimate of drug-likeness (QED) is 0.707. The van der Waals surface area contributed by atoms with Crippen molar-refractivity contribution in [2.45, 2.75) is 38.8 Å². The molecule has 0 aliphatic carbocycles. The summed E-state index contributed by atoms with van der Waals surface area (Å²) in [4.78, 5) is 24.7. The first kappa shape index (κ1) is 14.9. The molecule has 0 saturated carbocycles. The van der Waals surface area contributed by atoms with Gasteiger partial charge in [-0.15, -0.1) is 0 Å². The number of hydrogen-bond donors (Lipinski definition) is 1. The van der Waals surface area contributed by atoms with Gasteiger partial charge in [-0.3, -0.25) is 9.59 Å². The van der Waals surface area contributed by atoms with Crippen molar-refractivity contribution < 1.29 is 18.0 Å². The highest BCUT2D eigenvalue weighted by atomic mass is 32.2. The molecule has 7 heteroatoms. The number of sulfone groups is 1. The molecule has 0 radical (unpaired) electrons. The summed E-state index contributed by atoms with van der Waals surface area (Å²) in [6.45, 7) is 3.72. The van der Waals surface area contributed by atoms with E-state index in [-0.39, 0.29) is 23.6 Å². The average Bonchev–Trinajstić information content (AvgIpc) is 2.67. The Balaban J connectivity index is 2.59. The first-order valence-corrected chi connectivity index (χ1v) is 7.87. The number of likely N-dealkylation sites (N-methyl/N-ethyl adjacent to an activating group) is 1. The van der Waals surface area contributed by atoms with E-state index in [4.69, 9.17) is 0 Å². The second-order valence-corrected chi connectivity index (χ2v) is 6.98. The van der Waals surface area contributed by atoms with Crippen molar-refractivity contribution in [1.29, 1.82) is 0 Å². The molecule has 0 aromatic heterocycles. The first-order chi connectivity index (χ1) is 8.26. The lowest BCUT2D eigenvalue weighted by Gasteiger charge is -2.23. The fourth-order valence-corrected chi connectivity index (χ4v) is 3.57. The van der Waals surface area contributed by atoms with Gasteiger partial charge in [0.15, 0.2) is 9.84 Å². The van der Waals surface area contributed by atoms with Crippen LogP contribution in [0.4, 0.5) is 0 Å². The summed E-state index contributed by atoms with van der Waals surface area (Å²) >= 11 is 0. The van der Waals surface area contributed by atoms with Crippen molar-refractivity contribution in [3.05, 3.63) is 0 Å². The van der Waals surface area contributed by atoms with Gasteiger partial charge in [0.25, 0.3) is 0 Å². The van der Waals surface area contributed by atoms with Crippen molar-refractivity contribution in [1.82, 2.24) is 10.2 Å². The maximum absolute atomic E-state index is 11.8. The lowest BCUT2D eigenvalue weighted by Crippen LogP contribution is -2.48. The predicted molar refractivity (Wildman–Crippen MR) is 67.7 cm³/mol. The van der Waals surface area contributed by atoms with Gasteiger partial charge in [-0.2, -0.15) is 0 Å². The zero-order valence-corrected chi connectivity index (χ0v) is 11.8. The molecule has 0 aromatic carbocycles. The number of nitrogens with one attached hydrogen (secondary N) is 1. The number of nitrogens with zero attached hydrogens (tertiary/aromatic N) is 1. The van der Waals surface area contributed by atoms with Crippen LogP contribution in [0.25, 0.3) is 0 Å². The van der Waals surface area contributed by atoms with Crippen molar-refractivity contribution in [2.75, 3.05) is 18.6 Å². The van der Waals surface area contributed by atoms with E-state index in [1.54, 1.807) is 0 Å². The van der Waals surface area contributed by atoms with Gasteiger partial charge in [0.1, 0.15) is 0 Å². The largest absolute Gasteiger partial charge is 0.345 e. The Labute approximate surface area is 108 Å². The smallest absolute Gasteiger partial charge is 0.311 e. The highest BCUT2D eigenvalue weighted by Gasteiger charge is 2.34. The van der Waals surface area contributed by atoms with Gasteiger partial charge in [0.2, 0.25) is 0 Å². The molecule has 1 saturated heterocycles. The molecule has 1 aliphatic rings. The maximum atomic E-state index is 11.8. The topological polar surface area (TPSA) is 83.6 Å². The van der Waals surface area contributed by atoms with E-state index in [1.807, 2.05) is 13.8 Å². The van der Waals surface area contributed by atoms with E-state index in [1.165, 1.54) is 11.9 Å². The average molecular weight is 276 g/mol. The molecule has 1 rings (SSSR count). The van der Waals surface area contributed by atoms with Crippen LogP contribution in [-0.2, 0) is 19.4 Å². The van der Waals surface area contributed by atoms with Gasteiger partial charge in [0.05, 0.1) is 11.5 Å². The SMILES string of the molecule is CCC(C)NC(=O)C(=O)N(C)C1CCS(=O)(=O)C1. The molecule has 1 heterocycles. The third-order valence-corrected chi connectivity index (χ3v) is 5.01. The van der Waals surface area contributed by atoms with E-state index < -0.39 is 21.7 Å². The Morgan fingerprint density at radius 2 is 2.06 bits per heavy atom. The number of carbonyl (C=O) groups excluding carboxylic acids is 2. The molecule has 2 unspecified atom stereocenters. The molecule has 104 valence electrons. The summed E-state index contributed by atoms with van der Waals surface area (Å²) in [7, 11) is -1.58. The zero-order valence-electron chi connectivity index (χ0n) is 11.0. The Morgan fingerprint density at radius 1 is 1.44 bits per heavy atom. The molecule has 2 atom stereocenters. The summed E-state index contributed by atoms with van der Waals surface area (Å²) in [5.41, 5.74) is 0. The van der Waals surface area contributed by atoms with Crippen LogP contribution in [0.3, 0.4) is 0 Å². The van der Waals surface area contributed by atoms with Gasteiger partial charge in [-0.25, -0.2) is 8.42 Å². The summed E-state index contributed by atoms with van der Waals surface area (Å²) in [5, 5.41) is 2.57. The second kappa shape index (κ2) is 5.69. The molecule has 1 N–H and O–H groups in total. The van der Waals surface area contributed by atoms with Gasteiger partial charge >= 0.3 is 11.8 Å². The normalized spacial score (nSPS) is 23.4. The van der Waals surface area contributed by atoms with Crippen molar-refractivity contribution in [3.63, 3.8) is 0 Å². The van der Waals surface area contributed by atoms with Gasteiger partial charge in [0, 0.05) is 19.1 Å². The zero-order chi connectivity index (χ0) is 13.9. The van der Waals surface area contributed by atoms with Crippen LogP contribution in [0.2, 0.25) is 0 Å². The second-order valence-electron chi connectivity index (χ2n) is 4.76. The number of carbonyl (C=O) groups is 2. The molecule has 18 heavy (non-hydrogen) atoms. The molecular formula is C11H20N2O4S. The number of hydrogen-bond acceptors (Lipinski definition) is 4. The molecule has 6 nitrogen and oxygen atoms in total. The number of rotatable bonds is 3. The van der Waals surface area contributed by atoms with Gasteiger partial charge in [-0.05, 0) is 19.8 Å². The first-order valence-electron chi connectivity index (χ1n) is 6.05. The Morgan fingerprint density at radius 3 is 2.50 bits per heavy atom. The predicted octanol–water partition coefficient (Wildman–Crippen LogP) is -0.453. The highest BCUT2D eigenvalue weighted by molar-refractivity contribution is 7.91. The number of amides is 2. The van der Waals surface area contributed by atoms with E-state index >= 15 is 0 Å². The van der Waals surface area contributed by atoms with Gasteiger partial charge < -0.3 is 10.2 Å². The molecule has 1 fully saturated rings.